The highest BCUT2D eigenvalue weighted by atomic mass is 16.3. The van der Waals surface area contributed by atoms with Crippen LogP contribution in [0.3, 0.4) is 0 Å². The van der Waals surface area contributed by atoms with Crippen LogP contribution in [0.1, 0.15) is 102 Å². The lowest BCUT2D eigenvalue weighted by Crippen LogP contribution is -1.91. The number of fused-ring (bicyclic) bond motifs is 8. The third-order valence-corrected chi connectivity index (χ3v) is 12.2. The summed E-state index contributed by atoms with van der Waals surface area (Å²) < 4.78 is 13.5. The summed E-state index contributed by atoms with van der Waals surface area (Å²) >= 11 is 0. The van der Waals surface area contributed by atoms with Gasteiger partial charge in [-0.1, -0.05) is 151 Å². The van der Waals surface area contributed by atoms with Crippen molar-refractivity contribution in [3.05, 3.63) is 132 Å². The highest BCUT2D eigenvalue weighted by molar-refractivity contribution is 6.18. The van der Waals surface area contributed by atoms with Crippen LogP contribution in [0.25, 0.3) is 87.7 Å². The molecule has 2 nitrogen and oxygen atoms in total. The Balaban J connectivity index is 1.13. The second-order valence-corrected chi connectivity index (χ2v) is 16.2. The van der Waals surface area contributed by atoms with Gasteiger partial charge in [-0.3, -0.25) is 0 Å². The van der Waals surface area contributed by atoms with Gasteiger partial charge < -0.3 is 8.83 Å². The molecule has 2 heteroatoms. The van der Waals surface area contributed by atoms with Gasteiger partial charge in [-0.2, -0.15) is 0 Å². The molecule has 0 spiro atoms. The fourth-order valence-electron chi connectivity index (χ4n) is 9.11. The molecule has 0 saturated carbocycles. The Morgan fingerprint density at radius 3 is 1.12 bits per heavy atom. The van der Waals surface area contributed by atoms with E-state index in [2.05, 4.69) is 135 Å². The molecule has 282 valence electrons. The minimum Gasteiger partial charge on any atom is -0.456 e. The average molecular weight is 735 g/mol. The minimum atomic E-state index is 0.915. The van der Waals surface area contributed by atoms with Crippen LogP contribution < -0.4 is 0 Å². The van der Waals surface area contributed by atoms with Crippen LogP contribution in [0.5, 0.6) is 0 Å². The van der Waals surface area contributed by atoms with Crippen molar-refractivity contribution >= 4 is 65.4 Å². The summed E-state index contributed by atoms with van der Waals surface area (Å²) in [6.45, 7) is 4.58. The molecular weight excluding hydrogens is 681 g/mol. The molecule has 0 N–H and O–H groups in total. The average Bonchev–Trinajstić information content (AvgIpc) is 3.76. The fourth-order valence-corrected chi connectivity index (χ4v) is 9.11. The summed E-state index contributed by atoms with van der Waals surface area (Å²) in [5.74, 6) is 0. The summed E-state index contributed by atoms with van der Waals surface area (Å²) in [4.78, 5) is 0. The predicted octanol–water partition coefficient (Wildman–Crippen LogP) is 16.9. The molecule has 9 rings (SSSR count). The van der Waals surface area contributed by atoms with Crippen molar-refractivity contribution in [1.29, 1.82) is 0 Å². The molecule has 7 aromatic carbocycles. The van der Waals surface area contributed by atoms with Crippen LogP contribution in [0.4, 0.5) is 0 Å². The molecule has 0 amide bonds. The molecule has 0 saturated heterocycles. The van der Waals surface area contributed by atoms with Gasteiger partial charge in [0.1, 0.15) is 22.3 Å². The maximum atomic E-state index is 6.74. The minimum absolute atomic E-state index is 0.915. The summed E-state index contributed by atoms with van der Waals surface area (Å²) in [5.41, 5.74) is 11.6. The number of furan rings is 2. The smallest absolute Gasteiger partial charge is 0.136 e. The molecule has 0 fully saturated rings. The first kappa shape index (κ1) is 36.3. The van der Waals surface area contributed by atoms with Crippen molar-refractivity contribution in [2.24, 2.45) is 0 Å². The number of benzene rings is 7. The zero-order valence-electron chi connectivity index (χ0n) is 33.3. The maximum absolute atomic E-state index is 6.74. The Hall–Kier alpha value is -5.34. The van der Waals surface area contributed by atoms with E-state index >= 15 is 0 Å². The van der Waals surface area contributed by atoms with Crippen molar-refractivity contribution < 1.29 is 8.83 Å². The Bertz CT molecular complexity index is 2570. The molecule has 0 aliphatic heterocycles. The van der Waals surface area contributed by atoms with E-state index in [1.807, 2.05) is 0 Å². The Labute approximate surface area is 331 Å². The predicted molar refractivity (Wildman–Crippen MR) is 241 cm³/mol. The zero-order chi connectivity index (χ0) is 37.8. The van der Waals surface area contributed by atoms with E-state index < -0.39 is 0 Å². The molecule has 0 radical (unpaired) electrons. The molecular formula is C54H54O2. The third kappa shape index (κ3) is 7.35. The molecule has 2 heterocycles. The van der Waals surface area contributed by atoms with Gasteiger partial charge in [-0.05, 0) is 129 Å². The monoisotopic (exact) mass is 734 g/mol. The molecule has 0 atom stereocenters. The van der Waals surface area contributed by atoms with Crippen molar-refractivity contribution in [2.75, 3.05) is 0 Å². The number of aryl methyl sites for hydroxylation is 2. The Morgan fingerprint density at radius 2 is 0.696 bits per heavy atom. The van der Waals surface area contributed by atoms with E-state index in [1.54, 1.807) is 0 Å². The van der Waals surface area contributed by atoms with Crippen LogP contribution in [-0.4, -0.2) is 0 Å². The van der Waals surface area contributed by atoms with Gasteiger partial charge in [-0.25, -0.2) is 0 Å². The van der Waals surface area contributed by atoms with Crippen LogP contribution in [0.2, 0.25) is 0 Å². The Morgan fingerprint density at radius 1 is 0.321 bits per heavy atom. The first-order chi connectivity index (χ1) is 27.7. The van der Waals surface area contributed by atoms with E-state index in [0.29, 0.717) is 0 Å². The fraction of sp³-hybridized carbons (Fsp3) is 0.296. The van der Waals surface area contributed by atoms with Crippen LogP contribution in [-0.2, 0) is 12.8 Å². The van der Waals surface area contributed by atoms with Crippen molar-refractivity contribution in [3.63, 3.8) is 0 Å². The van der Waals surface area contributed by atoms with E-state index in [4.69, 9.17) is 8.83 Å². The summed E-state index contributed by atoms with van der Waals surface area (Å²) in [6, 6.07) is 44.9. The highest BCUT2D eigenvalue weighted by Crippen LogP contribution is 2.41. The van der Waals surface area contributed by atoms with E-state index in [-0.39, 0.29) is 0 Å². The lowest BCUT2D eigenvalue weighted by atomic mass is 9.92. The lowest BCUT2D eigenvalue weighted by molar-refractivity contribution is 0.608. The highest BCUT2D eigenvalue weighted by Gasteiger charge is 2.18. The molecule has 9 aromatic rings. The van der Waals surface area contributed by atoms with E-state index in [0.717, 1.165) is 56.7 Å². The molecule has 0 bridgehead atoms. The molecule has 0 unspecified atom stereocenters. The standard InChI is InChI=1S/C54H54O2/c1-3-5-7-9-11-15-25-39-27-41(37-21-17-13-18-22-37)29-43-31-51-47(33-45(39)43)49-35-54-50(36-53(49)55-51)48-34-46-40(26-16-12-10-8-6-4-2)28-42(38-23-19-14-20-24-38)30-44(46)32-52(48)56-54/h13-14,17-24,27-36H,3-12,15-16,25-26H2,1-2H3. The second kappa shape index (κ2) is 16.4. The summed E-state index contributed by atoms with van der Waals surface area (Å²) in [5, 5.41) is 9.69. The van der Waals surface area contributed by atoms with Crippen molar-refractivity contribution in [3.8, 4) is 22.3 Å². The largest absolute Gasteiger partial charge is 0.456 e. The summed E-state index contributed by atoms with van der Waals surface area (Å²) in [7, 11) is 0. The Kier molecular flexibility index (Phi) is 10.6. The van der Waals surface area contributed by atoms with Crippen LogP contribution >= 0.6 is 0 Å². The van der Waals surface area contributed by atoms with Gasteiger partial charge in [0.25, 0.3) is 0 Å². The number of hydrogen-bond donors (Lipinski definition) is 0. The summed E-state index contributed by atoms with van der Waals surface area (Å²) in [6.07, 6.45) is 17.7. The molecule has 2 aromatic heterocycles. The SMILES string of the molecule is CCCCCCCCc1cc(-c2ccccc2)cc2cc3oc4cc5c(cc4c3cc12)oc1cc2cc(-c3ccccc3)cc(CCCCCCCC)c2cc15. The zero-order valence-corrected chi connectivity index (χ0v) is 33.3. The van der Waals surface area contributed by atoms with E-state index in [9.17, 15) is 0 Å². The first-order valence-corrected chi connectivity index (χ1v) is 21.5. The van der Waals surface area contributed by atoms with Crippen LogP contribution in [0, 0.1) is 0 Å². The first-order valence-electron chi connectivity index (χ1n) is 21.5. The van der Waals surface area contributed by atoms with Gasteiger partial charge in [0.05, 0.1) is 0 Å². The number of rotatable bonds is 16. The quantitative estimate of drug-likeness (QED) is 0.0924. The van der Waals surface area contributed by atoms with Gasteiger partial charge >= 0.3 is 0 Å². The third-order valence-electron chi connectivity index (χ3n) is 12.2. The van der Waals surface area contributed by atoms with Crippen LogP contribution in [0.15, 0.2) is 130 Å². The van der Waals surface area contributed by atoms with Gasteiger partial charge in [0.2, 0.25) is 0 Å². The molecule has 56 heavy (non-hydrogen) atoms. The topological polar surface area (TPSA) is 26.3 Å². The molecule has 0 aliphatic carbocycles. The molecule has 0 aliphatic rings. The number of unbranched alkanes of at least 4 members (excludes halogenated alkanes) is 10. The van der Waals surface area contributed by atoms with Gasteiger partial charge in [-0.15, -0.1) is 0 Å². The normalized spacial score (nSPS) is 12.0. The van der Waals surface area contributed by atoms with E-state index in [1.165, 1.54) is 132 Å². The maximum Gasteiger partial charge on any atom is 0.136 e. The van der Waals surface area contributed by atoms with Gasteiger partial charge in [0.15, 0.2) is 0 Å². The van der Waals surface area contributed by atoms with Gasteiger partial charge in [0, 0.05) is 21.5 Å². The van der Waals surface area contributed by atoms with Crippen molar-refractivity contribution in [1.82, 2.24) is 0 Å². The number of hydrogen-bond acceptors (Lipinski definition) is 2. The van der Waals surface area contributed by atoms with Crippen molar-refractivity contribution in [2.45, 2.75) is 104 Å². The lowest BCUT2D eigenvalue weighted by Gasteiger charge is -2.12. The second-order valence-electron chi connectivity index (χ2n) is 16.2.